The molecule has 4 N–H and O–H groups in total. The molecule has 0 aliphatic rings. The van der Waals surface area contributed by atoms with E-state index < -0.39 is 0 Å². The Morgan fingerprint density at radius 3 is 2.35 bits per heavy atom. The van der Waals surface area contributed by atoms with Crippen molar-refractivity contribution in [2.45, 2.75) is 19.8 Å². The Bertz CT molecular complexity index is 684. The van der Waals surface area contributed by atoms with Gasteiger partial charge in [0.05, 0.1) is 17.8 Å². The number of hydrogen-bond donors (Lipinski definition) is 3. The standard InChI is InChI=1S/C18H21N3O2/c1-13-7-8-15(16(11-13)21-17(22)9-10-19)20-18(23)12-14-5-3-2-4-6-14/h2-8,11H,9-10,12,19H2,1H3,(H,20,23)(H,21,22). The van der Waals surface area contributed by atoms with Crippen molar-refractivity contribution in [3.05, 3.63) is 59.7 Å². The van der Waals surface area contributed by atoms with Gasteiger partial charge in [0.2, 0.25) is 11.8 Å². The zero-order valence-corrected chi connectivity index (χ0v) is 13.1. The number of carbonyl (C=O) groups is 2. The van der Waals surface area contributed by atoms with Crippen LogP contribution >= 0.6 is 0 Å². The molecule has 23 heavy (non-hydrogen) atoms. The van der Waals surface area contributed by atoms with Crippen molar-refractivity contribution in [2.75, 3.05) is 17.2 Å². The van der Waals surface area contributed by atoms with Gasteiger partial charge in [0.25, 0.3) is 0 Å². The molecule has 2 rings (SSSR count). The Hall–Kier alpha value is -2.66. The van der Waals surface area contributed by atoms with Gasteiger partial charge in [0.1, 0.15) is 0 Å². The van der Waals surface area contributed by atoms with Crippen LogP contribution in [0.3, 0.4) is 0 Å². The van der Waals surface area contributed by atoms with Crippen molar-refractivity contribution in [2.24, 2.45) is 5.73 Å². The van der Waals surface area contributed by atoms with E-state index in [4.69, 9.17) is 5.73 Å². The highest BCUT2D eigenvalue weighted by molar-refractivity contribution is 6.00. The second-order valence-electron chi connectivity index (χ2n) is 5.35. The van der Waals surface area contributed by atoms with Crippen LogP contribution in [0.5, 0.6) is 0 Å². The topological polar surface area (TPSA) is 84.2 Å². The molecule has 0 fully saturated rings. The Morgan fingerprint density at radius 1 is 0.957 bits per heavy atom. The van der Waals surface area contributed by atoms with E-state index in [0.717, 1.165) is 11.1 Å². The van der Waals surface area contributed by atoms with Crippen molar-refractivity contribution in [1.29, 1.82) is 0 Å². The second-order valence-corrected chi connectivity index (χ2v) is 5.35. The fourth-order valence-corrected chi connectivity index (χ4v) is 2.19. The summed E-state index contributed by atoms with van der Waals surface area (Å²) in [4.78, 5) is 23.9. The Balaban J connectivity index is 2.09. The molecule has 0 aliphatic heterocycles. The van der Waals surface area contributed by atoms with Gasteiger partial charge >= 0.3 is 0 Å². The van der Waals surface area contributed by atoms with Crippen molar-refractivity contribution in [1.82, 2.24) is 0 Å². The van der Waals surface area contributed by atoms with Crippen molar-refractivity contribution < 1.29 is 9.59 Å². The molecule has 0 aliphatic carbocycles. The minimum atomic E-state index is -0.170. The second kappa shape index (κ2) is 8.10. The summed E-state index contributed by atoms with van der Waals surface area (Å²) in [5.74, 6) is -0.300. The van der Waals surface area contributed by atoms with Crippen LogP contribution in [0.15, 0.2) is 48.5 Å². The molecule has 2 aromatic rings. The highest BCUT2D eigenvalue weighted by Crippen LogP contribution is 2.23. The van der Waals surface area contributed by atoms with Crippen LogP contribution in [0.25, 0.3) is 0 Å². The lowest BCUT2D eigenvalue weighted by atomic mass is 10.1. The highest BCUT2D eigenvalue weighted by atomic mass is 16.2. The van der Waals surface area contributed by atoms with Crippen LogP contribution in [-0.2, 0) is 16.0 Å². The van der Waals surface area contributed by atoms with Gasteiger partial charge in [0.15, 0.2) is 0 Å². The van der Waals surface area contributed by atoms with Crippen LogP contribution in [-0.4, -0.2) is 18.4 Å². The summed E-state index contributed by atoms with van der Waals surface area (Å²) in [6.45, 7) is 2.21. The van der Waals surface area contributed by atoms with Gasteiger partial charge in [-0.3, -0.25) is 9.59 Å². The van der Waals surface area contributed by atoms with Crippen LogP contribution in [0.2, 0.25) is 0 Å². The third-order valence-corrected chi connectivity index (χ3v) is 3.30. The zero-order valence-electron chi connectivity index (χ0n) is 13.1. The number of aryl methyl sites for hydroxylation is 1. The van der Waals surface area contributed by atoms with Gasteiger partial charge in [-0.25, -0.2) is 0 Å². The summed E-state index contributed by atoms with van der Waals surface area (Å²) in [6.07, 6.45) is 0.524. The van der Waals surface area contributed by atoms with Crippen molar-refractivity contribution in [3.63, 3.8) is 0 Å². The molecule has 0 bridgehead atoms. The Labute approximate surface area is 135 Å². The van der Waals surface area contributed by atoms with E-state index in [0.29, 0.717) is 11.4 Å². The summed E-state index contributed by atoms with van der Waals surface area (Å²) in [7, 11) is 0. The summed E-state index contributed by atoms with van der Waals surface area (Å²) in [5, 5.41) is 5.64. The molecule has 120 valence electrons. The number of benzene rings is 2. The molecule has 0 aromatic heterocycles. The van der Waals surface area contributed by atoms with E-state index in [-0.39, 0.29) is 31.2 Å². The maximum Gasteiger partial charge on any atom is 0.228 e. The van der Waals surface area contributed by atoms with Gasteiger partial charge in [-0.05, 0) is 30.2 Å². The third kappa shape index (κ3) is 5.23. The van der Waals surface area contributed by atoms with Gasteiger partial charge in [-0.2, -0.15) is 0 Å². The monoisotopic (exact) mass is 311 g/mol. The fraction of sp³-hybridized carbons (Fsp3) is 0.222. The lowest BCUT2D eigenvalue weighted by molar-refractivity contribution is -0.116. The molecule has 2 aromatic carbocycles. The maximum atomic E-state index is 12.2. The normalized spacial score (nSPS) is 10.2. The number of anilines is 2. The van der Waals surface area contributed by atoms with E-state index in [1.807, 2.05) is 49.4 Å². The number of nitrogens with two attached hydrogens (primary N) is 1. The lowest BCUT2D eigenvalue weighted by Gasteiger charge is -2.13. The van der Waals surface area contributed by atoms with Crippen LogP contribution in [0, 0.1) is 6.92 Å². The first-order valence-electron chi connectivity index (χ1n) is 7.53. The molecule has 0 saturated heterocycles. The van der Waals surface area contributed by atoms with Gasteiger partial charge in [-0.1, -0.05) is 36.4 Å². The van der Waals surface area contributed by atoms with E-state index in [1.165, 1.54) is 0 Å². The van der Waals surface area contributed by atoms with Crippen molar-refractivity contribution in [3.8, 4) is 0 Å². The van der Waals surface area contributed by atoms with E-state index in [9.17, 15) is 9.59 Å². The van der Waals surface area contributed by atoms with Crippen molar-refractivity contribution >= 4 is 23.2 Å². The molecule has 0 unspecified atom stereocenters. The Morgan fingerprint density at radius 2 is 1.65 bits per heavy atom. The lowest BCUT2D eigenvalue weighted by Crippen LogP contribution is -2.19. The molecule has 0 spiro atoms. The molecular formula is C18H21N3O2. The quantitative estimate of drug-likeness (QED) is 0.766. The molecule has 0 heterocycles. The molecule has 0 saturated carbocycles. The first-order valence-corrected chi connectivity index (χ1v) is 7.53. The smallest absolute Gasteiger partial charge is 0.228 e. The van der Waals surface area contributed by atoms with E-state index >= 15 is 0 Å². The first kappa shape index (κ1) is 16.7. The van der Waals surface area contributed by atoms with Crippen LogP contribution < -0.4 is 16.4 Å². The van der Waals surface area contributed by atoms with Gasteiger partial charge < -0.3 is 16.4 Å². The number of amides is 2. The average molecular weight is 311 g/mol. The molecule has 0 atom stereocenters. The molecule has 5 heteroatoms. The Kier molecular flexibility index (Phi) is 5.88. The van der Waals surface area contributed by atoms with E-state index in [1.54, 1.807) is 6.07 Å². The van der Waals surface area contributed by atoms with E-state index in [2.05, 4.69) is 10.6 Å². The number of nitrogens with one attached hydrogen (secondary N) is 2. The largest absolute Gasteiger partial charge is 0.330 e. The number of carbonyl (C=O) groups excluding carboxylic acids is 2. The minimum absolute atomic E-state index is 0.130. The predicted molar refractivity (Wildman–Crippen MR) is 92.3 cm³/mol. The number of hydrogen-bond acceptors (Lipinski definition) is 3. The summed E-state index contributed by atoms with van der Waals surface area (Å²) < 4.78 is 0. The zero-order chi connectivity index (χ0) is 16.7. The molecule has 2 amide bonds. The average Bonchev–Trinajstić information content (AvgIpc) is 2.51. The third-order valence-electron chi connectivity index (χ3n) is 3.30. The first-order chi connectivity index (χ1) is 11.1. The predicted octanol–water partition coefficient (Wildman–Crippen LogP) is 2.46. The molecular weight excluding hydrogens is 290 g/mol. The van der Waals surface area contributed by atoms with Gasteiger partial charge in [0, 0.05) is 13.0 Å². The molecule has 5 nitrogen and oxygen atoms in total. The fourth-order valence-electron chi connectivity index (χ4n) is 2.19. The maximum absolute atomic E-state index is 12.2. The van der Waals surface area contributed by atoms with Crippen LogP contribution in [0.4, 0.5) is 11.4 Å². The summed E-state index contributed by atoms with van der Waals surface area (Å²) in [5.41, 5.74) is 8.49. The van der Waals surface area contributed by atoms with Crippen LogP contribution in [0.1, 0.15) is 17.5 Å². The highest BCUT2D eigenvalue weighted by Gasteiger charge is 2.10. The SMILES string of the molecule is Cc1ccc(NC(=O)Cc2ccccc2)c(NC(=O)CCN)c1. The van der Waals surface area contributed by atoms with Gasteiger partial charge in [-0.15, -0.1) is 0 Å². The summed E-state index contributed by atoms with van der Waals surface area (Å²) >= 11 is 0. The minimum Gasteiger partial charge on any atom is -0.330 e. The summed E-state index contributed by atoms with van der Waals surface area (Å²) in [6, 6.07) is 15.0. The molecule has 0 radical (unpaired) electrons. The number of rotatable bonds is 6.